The van der Waals surface area contributed by atoms with E-state index in [0.717, 1.165) is 0 Å². The van der Waals surface area contributed by atoms with Gasteiger partial charge in [-0.1, -0.05) is 11.6 Å². The van der Waals surface area contributed by atoms with Crippen LogP contribution in [0.4, 0.5) is 4.39 Å². The van der Waals surface area contributed by atoms with E-state index in [1.165, 1.54) is 18.2 Å². The van der Waals surface area contributed by atoms with E-state index in [9.17, 15) is 9.50 Å². The van der Waals surface area contributed by atoms with Gasteiger partial charge in [-0.3, -0.25) is 4.68 Å². The zero-order chi connectivity index (χ0) is 14.7. The standard InChI is InChI=1S/C13H13BrClFN2O2/c1-20-5-4-18-12(10(14)7-17-18)13(19)9-6-8(15)2-3-11(9)16/h2-3,6-7,13,19H,4-5H2,1H3. The summed E-state index contributed by atoms with van der Waals surface area (Å²) in [5, 5.41) is 14.9. The molecule has 0 aliphatic heterocycles. The summed E-state index contributed by atoms with van der Waals surface area (Å²) < 4.78 is 21.0. The van der Waals surface area contributed by atoms with E-state index in [2.05, 4.69) is 21.0 Å². The predicted octanol–water partition coefficient (Wildman–Crippen LogP) is 3.17. The van der Waals surface area contributed by atoms with Crippen LogP contribution < -0.4 is 0 Å². The molecule has 2 aromatic rings. The summed E-state index contributed by atoms with van der Waals surface area (Å²) in [6, 6.07) is 4.07. The van der Waals surface area contributed by atoms with Crippen molar-refractivity contribution in [3.8, 4) is 0 Å². The molecule has 1 aromatic heterocycles. The first kappa shape index (κ1) is 15.4. The van der Waals surface area contributed by atoms with Gasteiger partial charge in [-0.05, 0) is 34.1 Å². The Kier molecular flexibility index (Phi) is 5.15. The molecule has 1 heterocycles. The molecule has 0 saturated carbocycles. The molecule has 0 fully saturated rings. The lowest BCUT2D eigenvalue weighted by Crippen LogP contribution is -2.14. The molecule has 1 N–H and O–H groups in total. The molecule has 20 heavy (non-hydrogen) atoms. The van der Waals surface area contributed by atoms with Crippen LogP contribution in [0, 0.1) is 5.82 Å². The average Bonchev–Trinajstić information content (AvgIpc) is 2.79. The average molecular weight is 364 g/mol. The van der Waals surface area contributed by atoms with Gasteiger partial charge in [-0.2, -0.15) is 5.10 Å². The second kappa shape index (κ2) is 6.67. The van der Waals surface area contributed by atoms with Gasteiger partial charge < -0.3 is 9.84 Å². The van der Waals surface area contributed by atoms with E-state index in [1.54, 1.807) is 18.0 Å². The minimum Gasteiger partial charge on any atom is -0.383 e. The number of aromatic nitrogens is 2. The van der Waals surface area contributed by atoms with Gasteiger partial charge >= 0.3 is 0 Å². The van der Waals surface area contributed by atoms with Gasteiger partial charge in [0.15, 0.2) is 0 Å². The Morgan fingerprint density at radius 1 is 1.55 bits per heavy atom. The normalized spacial score (nSPS) is 12.7. The summed E-state index contributed by atoms with van der Waals surface area (Å²) in [6.07, 6.45) is 0.388. The fraction of sp³-hybridized carbons (Fsp3) is 0.308. The monoisotopic (exact) mass is 362 g/mol. The Labute approximate surface area is 129 Å². The highest BCUT2D eigenvalue weighted by Gasteiger charge is 2.22. The van der Waals surface area contributed by atoms with E-state index in [4.69, 9.17) is 16.3 Å². The number of halogens is 3. The molecule has 108 valence electrons. The summed E-state index contributed by atoms with van der Waals surface area (Å²) in [5.74, 6) is -0.520. The number of hydrogen-bond donors (Lipinski definition) is 1. The van der Waals surface area contributed by atoms with E-state index in [1.807, 2.05) is 0 Å². The molecule has 0 aliphatic rings. The van der Waals surface area contributed by atoms with Crippen molar-refractivity contribution >= 4 is 27.5 Å². The molecule has 1 aromatic carbocycles. The number of nitrogens with zero attached hydrogens (tertiary/aromatic N) is 2. The molecule has 7 heteroatoms. The van der Waals surface area contributed by atoms with Gasteiger partial charge in [-0.25, -0.2) is 4.39 Å². The van der Waals surface area contributed by atoms with E-state index >= 15 is 0 Å². The molecule has 4 nitrogen and oxygen atoms in total. The van der Waals surface area contributed by atoms with Crippen molar-refractivity contribution in [3.05, 3.63) is 51.0 Å². The van der Waals surface area contributed by atoms with Crippen molar-refractivity contribution in [2.24, 2.45) is 0 Å². The highest BCUT2D eigenvalue weighted by molar-refractivity contribution is 9.10. The van der Waals surface area contributed by atoms with E-state index in [0.29, 0.717) is 28.3 Å². The molecule has 0 aliphatic carbocycles. The molecule has 0 spiro atoms. The Bertz CT molecular complexity index is 606. The number of hydrogen-bond acceptors (Lipinski definition) is 3. The number of ether oxygens (including phenoxy) is 1. The number of benzene rings is 1. The smallest absolute Gasteiger partial charge is 0.129 e. The van der Waals surface area contributed by atoms with Gasteiger partial charge in [0.05, 0.1) is 29.5 Å². The van der Waals surface area contributed by atoms with Crippen LogP contribution >= 0.6 is 27.5 Å². The molecule has 1 atom stereocenters. The predicted molar refractivity (Wildman–Crippen MR) is 77.3 cm³/mol. The van der Waals surface area contributed by atoms with Crippen LogP contribution in [-0.2, 0) is 11.3 Å². The minimum absolute atomic E-state index is 0.109. The van der Waals surface area contributed by atoms with Crippen LogP contribution in [0.3, 0.4) is 0 Å². The van der Waals surface area contributed by atoms with Gasteiger partial charge in [0.1, 0.15) is 11.9 Å². The number of methoxy groups -OCH3 is 1. The van der Waals surface area contributed by atoms with Crippen molar-refractivity contribution in [1.29, 1.82) is 0 Å². The second-order valence-electron chi connectivity index (χ2n) is 4.16. The lowest BCUT2D eigenvalue weighted by molar-refractivity contribution is 0.170. The summed E-state index contributed by atoms with van der Waals surface area (Å²) in [5.41, 5.74) is 0.570. The van der Waals surface area contributed by atoms with E-state index in [-0.39, 0.29) is 5.56 Å². The first-order valence-electron chi connectivity index (χ1n) is 5.87. The number of rotatable bonds is 5. The summed E-state index contributed by atoms with van der Waals surface area (Å²) in [4.78, 5) is 0. The first-order chi connectivity index (χ1) is 9.54. The fourth-order valence-electron chi connectivity index (χ4n) is 1.87. The van der Waals surface area contributed by atoms with Gasteiger partial charge in [-0.15, -0.1) is 0 Å². The summed E-state index contributed by atoms with van der Waals surface area (Å²) >= 11 is 9.16. The van der Waals surface area contributed by atoms with Crippen LogP contribution in [0.25, 0.3) is 0 Å². The van der Waals surface area contributed by atoms with Gasteiger partial charge in [0.2, 0.25) is 0 Å². The van der Waals surface area contributed by atoms with Crippen LogP contribution in [-0.4, -0.2) is 28.6 Å². The quantitative estimate of drug-likeness (QED) is 0.887. The van der Waals surface area contributed by atoms with E-state index < -0.39 is 11.9 Å². The van der Waals surface area contributed by atoms with Gasteiger partial charge in [0, 0.05) is 17.7 Å². The number of aliphatic hydroxyl groups excluding tert-OH is 1. The van der Waals surface area contributed by atoms with Crippen LogP contribution in [0.2, 0.25) is 5.02 Å². The largest absolute Gasteiger partial charge is 0.383 e. The lowest BCUT2D eigenvalue weighted by atomic mass is 10.1. The third-order valence-electron chi connectivity index (χ3n) is 2.85. The Hall–Kier alpha value is -0.950. The third-order valence-corrected chi connectivity index (χ3v) is 3.70. The summed E-state index contributed by atoms with van der Waals surface area (Å²) in [6.45, 7) is 0.891. The lowest BCUT2D eigenvalue weighted by Gasteiger charge is -2.15. The Balaban J connectivity index is 2.39. The zero-order valence-corrected chi connectivity index (χ0v) is 13.0. The highest BCUT2D eigenvalue weighted by atomic mass is 79.9. The summed E-state index contributed by atoms with van der Waals surface area (Å²) in [7, 11) is 1.57. The maximum absolute atomic E-state index is 13.8. The molecule has 0 amide bonds. The number of aliphatic hydroxyl groups is 1. The molecule has 0 saturated heterocycles. The minimum atomic E-state index is -1.16. The second-order valence-corrected chi connectivity index (χ2v) is 5.45. The molecule has 2 rings (SSSR count). The molecule has 0 radical (unpaired) electrons. The molecule has 0 bridgehead atoms. The fourth-order valence-corrected chi connectivity index (χ4v) is 2.56. The van der Waals surface area contributed by atoms with Crippen LogP contribution in [0.15, 0.2) is 28.9 Å². The van der Waals surface area contributed by atoms with Crippen molar-refractivity contribution in [3.63, 3.8) is 0 Å². The Morgan fingerprint density at radius 2 is 2.30 bits per heavy atom. The molecule has 1 unspecified atom stereocenters. The SMILES string of the molecule is COCCn1ncc(Br)c1C(O)c1cc(Cl)ccc1F. The van der Waals surface area contributed by atoms with Gasteiger partial charge in [0.25, 0.3) is 0 Å². The molecular weight excluding hydrogens is 351 g/mol. The van der Waals surface area contributed by atoms with Crippen LogP contribution in [0.1, 0.15) is 17.4 Å². The van der Waals surface area contributed by atoms with Crippen molar-refractivity contribution in [1.82, 2.24) is 9.78 Å². The molecular formula is C13H13BrClFN2O2. The van der Waals surface area contributed by atoms with Crippen LogP contribution in [0.5, 0.6) is 0 Å². The maximum Gasteiger partial charge on any atom is 0.129 e. The zero-order valence-electron chi connectivity index (χ0n) is 10.7. The highest BCUT2D eigenvalue weighted by Crippen LogP contribution is 2.31. The topological polar surface area (TPSA) is 47.3 Å². The third kappa shape index (κ3) is 3.20. The van der Waals surface area contributed by atoms with Crippen molar-refractivity contribution < 1.29 is 14.2 Å². The Morgan fingerprint density at radius 3 is 3.00 bits per heavy atom. The van der Waals surface area contributed by atoms with Crippen molar-refractivity contribution in [2.45, 2.75) is 12.6 Å². The van der Waals surface area contributed by atoms with Crippen molar-refractivity contribution in [2.75, 3.05) is 13.7 Å². The first-order valence-corrected chi connectivity index (χ1v) is 7.05. The maximum atomic E-state index is 13.8.